The van der Waals surface area contributed by atoms with Crippen LogP contribution in [0.4, 0.5) is 16.2 Å². The third kappa shape index (κ3) is 6.38. The van der Waals surface area contributed by atoms with Crippen molar-refractivity contribution in [1.82, 2.24) is 15.6 Å². The fraction of sp³-hybridized carbons (Fsp3) is 0.290. The van der Waals surface area contributed by atoms with Crippen molar-refractivity contribution in [1.29, 1.82) is 0 Å². The van der Waals surface area contributed by atoms with E-state index in [1.54, 1.807) is 31.9 Å². The summed E-state index contributed by atoms with van der Waals surface area (Å²) in [5.74, 6) is -0.0521. The standard InChI is InChI=1S/C31H34N6O4/c1-31(2,32)17-27(38)34-23-14-13-20-8-4-7-11-25(20)37(29(23)39)18-19-12-15-26-24(16-19)35-28(41-26)21-9-5-6-10-22(21)36-30(40)33-3/h4-12,15-16,23H,13-14,17-18,32H2,1-3H3,(H,34,38)(H2,33,36,40)/t23-/m1/s1. The summed E-state index contributed by atoms with van der Waals surface area (Å²) in [5.41, 5.74) is 10.5. The molecule has 41 heavy (non-hydrogen) atoms. The molecule has 4 amide bonds. The molecule has 0 spiro atoms. The number of hydrogen-bond acceptors (Lipinski definition) is 6. The first kappa shape index (κ1) is 27.9. The smallest absolute Gasteiger partial charge is 0.318 e. The molecule has 0 saturated heterocycles. The summed E-state index contributed by atoms with van der Waals surface area (Å²) in [6, 6.07) is 19.7. The van der Waals surface area contributed by atoms with Gasteiger partial charge in [-0.3, -0.25) is 9.59 Å². The number of oxazole rings is 1. The van der Waals surface area contributed by atoms with Crippen molar-refractivity contribution in [2.45, 2.75) is 51.2 Å². The number of aryl methyl sites for hydroxylation is 1. The van der Waals surface area contributed by atoms with Gasteiger partial charge in [0.2, 0.25) is 17.7 Å². The minimum Gasteiger partial charge on any atom is -0.436 e. The van der Waals surface area contributed by atoms with E-state index >= 15 is 0 Å². The molecule has 1 aromatic heterocycles. The zero-order valence-electron chi connectivity index (χ0n) is 23.4. The number of nitrogens with two attached hydrogens (primary N) is 1. The first-order valence-corrected chi connectivity index (χ1v) is 13.6. The topological polar surface area (TPSA) is 143 Å². The zero-order valence-corrected chi connectivity index (χ0v) is 23.4. The first-order chi connectivity index (χ1) is 19.6. The molecule has 0 radical (unpaired) electrons. The van der Waals surface area contributed by atoms with Gasteiger partial charge in [-0.05, 0) is 68.1 Å². The summed E-state index contributed by atoms with van der Waals surface area (Å²) in [4.78, 5) is 44.8. The molecule has 10 nitrogen and oxygen atoms in total. The predicted molar refractivity (Wildman–Crippen MR) is 158 cm³/mol. The number of carbonyl (C=O) groups excluding carboxylic acids is 3. The van der Waals surface area contributed by atoms with Gasteiger partial charge in [0.05, 0.1) is 17.8 Å². The van der Waals surface area contributed by atoms with Crippen LogP contribution < -0.4 is 26.6 Å². The molecule has 0 unspecified atom stereocenters. The fourth-order valence-corrected chi connectivity index (χ4v) is 5.00. The lowest BCUT2D eigenvalue weighted by atomic mass is 10.0. The summed E-state index contributed by atoms with van der Waals surface area (Å²) in [6.45, 7) is 3.86. The second-order valence-electron chi connectivity index (χ2n) is 10.9. The molecule has 1 aliphatic rings. The molecule has 0 saturated carbocycles. The van der Waals surface area contributed by atoms with E-state index in [-0.39, 0.29) is 30.8 Å². The molecule has 4 aromatic rings. The van der Waals surface area contributed by atoms with Crippen molar-refractivity contribution in [2.75, 3.05) is 17.3 Å². The quantitative estimate of drug-likeness (QED) is 0.268. The van der Waals surface area contributed by atoms with Crippen molar-refractivity contribution in [3.8, 4) is 11.5 Å². The Balaban J connectivity index is 1.43. The molecule has 2 heterocycles. The van der Waals surface area contributed by atoms with Crippen LogP contribution in [-0.4, -0.2) is 41.5 Å². The van der Waals surface area contributed by atoms with Crippen LogP contribution in [0.2, 0.25) is 0 Å². The van der Waals surface area contributed by atoms with Crippen LogP contribution in [-0.2, 0) is 22.6 Å². The number of aromatic nitrogens is 1. The number of benzene rings is 3. The largest absolute Gasteiger partial charge is 0.436 e. The van der Waals surface area contributed by atoms with Gasteiger partial charge in [0, 0.05) is 24.7 Å². The Bertz CT molecular complexity index is 1610. The van der Waals surface area contributed by atoms with E-state index in [0.29, 0.717) is 41.1 Å². The Morgan fingerprint density at radius 2 is 1.85 bits per heavy atom. The molecular formula is C31H34N6O4. The highest BCUT2D eigenvalue weighted by Gasteiger charge is 2.32. The number of urea groups is 1. The Hall–Kier alpha value is -4.70. The summed E-state index contributed by atoms with van der Waals surface area (Å²) in [5, 5.41) is 8.25. The van der Waals surface area contributed by atoms with Crippen LogP contribution in [0.25, 0.3) is 22.6 Å². The Labute approximate surface area is 238 Å². The molecule has 1 aliphatic heterocycles. The van der Waals surface area contributed by atoms with Gasteiger partial charge in [-0.1, -0.05) is 36.4 Å². The highest BCUT2D eigenvalue weighted by atomic mass is 16.3. The van der Waals surface area contributed by atoms with Gasteiger partial charge in [0.1, 0.15) is 11.6 Å². The molecule has 212 valence electrons. The summed E-state index contributed by atoms with van der Waals surface area (Å²) >= 11 is 0. The van der Waals surface area contributed by atoms with Gasteiger partial charge < -0.3 is 31.0 Å². The monoisotopic (exact) mass is 554 g/mol. The highest BCUT2D eigenvalue weighted by Crippen LogP contribution is 2.32. The molecular weight excluding hydrogens is 520 g/mol. The van der Waals surface area contributed by atoms with E-state index in [4.69, 9.17) is 15.1 Å². The van der Waals surface area contributed by atoms with E-state index in [9.17, 15) is 14.4 Å². The Kier molecular flexibility index (Phi) is 7.76. The van der Waals surface area contributed by atoms with Gasteiger partial charge >= 0.3 is 6.03 Å². The fourth-order valence-electron chi connectivity index (χ4n) is 5.00. The maximum Gasteiger partial charge on any atom is 0.318 e. The van der Waals surface area contributed by atoms with E-state index in [2.05, 4.69) is 16.0 Å². The lowest BCUT2D eigenvalue weighted by molar-refractivity contribution is -0.128. The Morgan fingerprint density at radius 3 is 2.63 bits per heavy atom. The minimum absolute atomic E-state index is 0.122. The third-order valence-corrected chi connectivity index (χ3v) is 6.93. The van der Waals surface area contributed by atoms with Gasteiger partial charge in [-0.15, -0.1) is 0 Å². The lowest BCUT2D eigenvalue weighted by Gasteiger charge is -2.27. The number of anilines is 2. The average Bonchev–Trinajstić information content (AvgIpc) is 3.31. The number of fused-ring (bicyclic) bond motifs is 2. The number of nitrogens with one attached hydrogen (secondary N) is 3. The van der Waals surface area contributed by atoms with Crippen LogP contribution in [0.1, 0.15) is 37.8 Å². The van der Waals surface area contributed by atoms with Crippen molar-refractivity contribution in [3.05, 3.63) is 77.9 Å². The van der Waals surface area contributed by atoms with Gasteiger partial charge in [0.15, 0.2) is 5.58 Å². The van der Waals surface area contributed by atoms with Gasteiger partial charge in [0.25, 0.3) is 0 Å². The normalized spacial score (nSPS) is 15.3. The first-order valence-electron chi connectivity index (χ1n) is 13.6. The van der Waals surface area contributed by atoms with Crippen LogP contribution in [0.15, 0.2) is 71.1 Å². The van der Waals surface area contributed by atoms with Crippen LogP contribution in [0, 0.1) is 0 Å². The molecule has 1 atom stereocenters. The van der Waals surface area contributed by atoms with Crippen molar-refractivity contribution in [2.24, 2.45) is 5.73 Å². The minimum atomic E-state index is -0.675. The van der Waals surface area contributed by atoms with E-state index in [1.807, 2.05) is 60.7 Å². The maximum absolute atomic E-state index is 13.8. The average molecular weight is 555 g/mol. The maximum atomic E-state index is 13.8. The summed E-state index contributed by atoms with van der Waals surface area (Å²) in [7, 11) is 1.54. The summed E-state index contributed by atoms with van der Waals surface area (Å²) in [6.07, 6.45) is 1.28. The van der Waals surface area contributed by atoms with Gasteiger partial charge in [-0.2, -0.15) is 0 Å². The van der Waals surface area contributed by atoms with E-state index in [1.165, 1.54) is 0 Å². The number of carbonyl (C=O) groups is 3. The molecule has 10 heteroatoms. The molecule has 0 aliphatic carbocycles. The van der Waals surface area contributed by atoms with E-state index in [0.717, 1.165) is 16.8 Å². The third-order valence-electron chi connectivity index (χ3n) is 6.93. The second-order valence-corrected chi connectivity index (χ2v) is 10.9. The molecule has 0 fully saturated rings. The zero-order chi connectivity index (χ0) is 29.1. The molecule has 3 aromatic carbocycles. The second kappa shape index (κ2) is 11.4. The van der Waals surface area contributed by atoms with E-state index < -0.39 is 11.6 Å². The van der Waals surface area contributed by atoms with Crippen LogP contribution in [0.3, 0.4) is 0 Å². The van der Waals surface area contributed by atoms with Crippen molar-refractivity contribution < 1.29 is 18.8 Å². The van der Waals surface area contributed by atoms with Crippen LogP contribution in [0.5, 0.6) is 0 Å². The lowest BCUT2D eigenvalue weighted by Crippen LogP contribution is -2.49. The number of rotatable bonds is 7. The van der Waals surface area contributed by atoms with Gasteiger partial charge in [-0.25, -0.2) is 9.78 Å². The van der Waals surface area contributed by atoms with Crippen molar-refractivity contribution in [3.63, 3.8) is 0 Å². The summed E-state index contributed by atoms with van der Waals surface area (Å²) < 4.78 is 6.03. The highest BCUT2D eigenvalue weighted by molar-refractivity contribution is 6.00. The number of amides is 4. The number of para-hydroxylation sites is 2. The Morgan fingerprint density at radius 1 is 1.10 bits per heavy atom. The predicted octanol–water partition coefficient (Wildman–Crippen LogP) is 4.34. The molecule has 5 N–H and O–H groups in total. The number of nitrogens with zero attached hydrogens (tertiary/aromatic N) is 2. The number of hydrogen-bond donors (Lipinski definition) is 4. The SMILES string of the molecule is CNC(=O)Nc1ccccc1-c1nc2cc(CN3C(=O)[C@H](NC(=O)CC(C)(C)N)CCc4ccccc43)ccc2o1. The van der Waals surface area contributed by atoms with Crippen molar-refractivity contribution >= 4 is 40.3 Å². The molecule has 0 bridgehead atoms. The van der Waals surface area contributed by atoms with Crippen LogP contribution >= 0.6 is 0 Å². The molecule has 5 rings (SSSR count).